The molecule has 1 aromatic heterocycles. The Morgan fingerprint density at radius 2 is 2.20 bits per heavy atom. The Morgan fingerprint density at radius 3 is 2.85 bits per heavy atom. The summed E-state index contributed by atoms with van der Waals surface area (Å²) < 4.78 is 10.6. The minimum absolute atomic E-state index is 0.00782. The van der Waals surface area contributed by atoms with Gasteiger partial charge in [-0.3, -0.25) is 10.1 Å². The van der Waals surface area contributed by atoms with Crippen LogP contribution < -0.4 is 4.74 Å². The van der Waals surface area contributed by atoms with Crippen LogP contribution in [0.3, 0.4) is 0 Å². The zero-order valence-corrected chi connectivity index (χ0v) is 11.5. The molecule has 1 heterocycles. The Kier molecular flexibility index (Phi) is 4.04. The lowest BCUT2D eigenvalue weighted by atomic mass is 10.2. The average Bonchev–Trinajstić information content (AvgIpc) is 2.85. The Hall–Kier alpha value is -2.35. The normalized spacial score (nSPS) is 10.2. The lowest BCUT2D eigenvalue weighted by Crippen LogP contribution is -2.03. The van der Waals surface area contributed by atoms with E-state index >= 15 is 0 Å². The number of benzene rings is 1. The Balaban J connectivity index is 2.19. The minimum atomic E-state index is -1.13. The molecule has 0 atom stereocenters. The predicted molar refractivity (Wildman–Crippen MR) is 70.8 cm³/mol. The van der Waals surface area contributed by atoms with Gasteiger partial charge < -0.3 is 14.3 Å². The first-order chi connectivity index (χ1) is 9.50. The van der Waals surface area contributed by atoms with E-state index in [1.54, 1.807) is 0 Å². The maximum atomic E-state index is 10.9. The number of hydrogen-bond donors (Lipinski definition) is 1. The number of nitrogens with zero attached hydrogens (tertiary/aromatic N) is 1. The van der Waals surface area contributed by atoms with Crippen LogP contribution in [-0.4, -0.2) is 16.0 Å². The van der Waals surface area contributed by atoms with Crippen LogP contribution in [0.15, 0.2) is 39.4 Å². The Bertz CT molecular complexity index is 666. The molecule has 2 rings (SSSR count). The molecule has 0 aliphatic rings. The zero-order chi connectivity index (χ0) is 14.7. The summed E-state index contributed by atoms with van der Waals surface area (Å²) in [6, 6.07) is 5.63. The highest BCUT2D eigenvalue weighted by atomic mass is 79.9. The topological polar surface area (TPSA) is 103 Å². The van der Waals surface area contributed by atoms with E-state index in [2.05, 4.69) is 15.9 Å². The van der Waals surface area contributed by atoms with Crippen LogP contribution >= 0.6 is 15.9 Å². The van der Waals surface area contributed by atoms with E-state index in [1.165, 1.54) is 30.5 Å². The largest absolute Gasteiger partial charge is 0.484 e. The van der Waals surface area contributed by atoms with Crippen LogP contribution in [0.2, 0.25) is 0 Å². The van der Waals surface area contributed by atoms with Crippen molar-refractivity contribution >= 4 is 27.6 Å². The third kappa shape index (κ3) is 2.80. The van der Waals surface area contributed by atoms with Gasteiger partial charge in [0.2, 0.25) is 0 Å². The lowest BCUT2D eigenvalue weighted by Gasteiger charge is -2.07. The number of rotatable bonds is 5. The molecule has 0 bridgehead atoms. The molecule has 20 heavy (non-hydrogen) atoms. The van der Waals surface area contributed by atoms with Gasteiger partial charge in [0.1, 0.15) is 22.4 Å². The molecule has 104 valence electrons. The molecular formula is C12H8BrNO6. The molecule has 0 radical (unpaired) electrons. The van der Waals surface area contributed by atoms with E-state index in [1.807, 2.05) is 0 Å². The first-order valence-corrected chi connectivity index (χ1v) is 6.15. The summed E-state index contributed by atoms with van der Waals surface area (Å²) in [5.74, 6) is -0.765. The van der Waals surface area contributed by atoms with Crippen molar-refractivity contribution < 1.29 is 24.0 Å². The standard InChI is InChI=1S/C12H8BrNO6/c13-11-8(14(17)18)2-1-3-9(11)20-6-10-7(12(15)16)4-5-19-10/h1-5H,6H2,(H,15,16). The fraction of sp³-hybridized carbons (Fsp3) is 0.0833. The van der Waals surface area contributed by atoms with Gasteiger partial charge in [-0.25, -0.2) is 4.79 Å². The lowest BCUT2D eigenvalue weighted by molar-refractivity contribution is -0.385. The van der Waals surface area contributed by atoms with Crippen molar-refractivity contribution in [3.8, 4) is 5.75 Å². The highest BCUT2D eigenvalue weighted by molar-refractivity contribution is 9.10. The fourth-order valence-electron chi connectivity index (χ4n) is 1.54. The Morgan fingerprint density at radius 1 is 1.45 bits per heavy atom. The van der Waals surface area contributed by atoms with E-state index in [0.29, 0.717) is 0 Å². The number of carboxylic acids is 1. The molecule has 0 amide bonds. The smallest absolute Gasteiger partial charge is 0.339 e. The maximum Gasteiger partial charge on any atom is 0.339 e. The predicted octanol–water partition coefficient (Wildman–Crippen LogP) is 3.23. The number of ether oxygens (including phenoxy) is 1. The van der Waals surface area contributed by atoms with Gasteiger partial charge in [-0.1, -0.05) is 6.07 Å². The van der Waals surface area contributed by atoms with Crippen LogP contribution in [0.1, 0.15) is 16.1 Å². The number of nitro benzene ring substituents is 1. The van der Waals surface area contributed by atoms with Gasteiger partial charge in [0, 0.05) is 6.07 Å². The SMILES string of the molecule is O=C(O)c1ccoc1COc1cccc([N+](=O)[O-])c1Br. The Labute approximate surface area is 121 Å². The third-order valence-electron chi connectivity index (χ3n) is 2.47. The molecule has 0 spiro atoms. The summed E-state index contributed by atoms with van der Waals surface area (Å²) in [7, 11) is 0. The molecule has 1 N–H and O–H groups in total. The molecule has 0 saturated carbocycles. The molecule has 1 aromatic carbocycles. The van der Waals surface area contributed by atoms with Gasteiger partial charge in [-0.2, -0.15) is 0 Å². The summed E-state index contributed by atoms with van der Waals surface area (Å²) in [6.07, 6.45) is 1.24. The minimum Gasteiger partial charge on any atom is -0.484 e. The van der Waals surface area contributed by atoms with Crippen molar-refractivity contribution in [1.82, 2.24) is 0 Å². The summed E-state index contributed by atoms with van der Waals surface area (Å²) in [5.41, 5.74) is -0.146. The highest BCUT2D eigenvalue weighted by Gasteiger charge is 2.18. The highest BCUT2D eigenvalue weighted by Crippen LogP contribution is 2.34. The quantitative estimate of drug-likeness (QED) is 0.661. The van der Waals surface area contributed by atoms with Crippen molar-refractivity contribution in [2.75, 3.05) is 0 Å². The first-order valence-electron chi connectivity index (χ1n) is 5.36. The maximum absolute atomic E-state index is 10.9. The number of aromatic carboxylic acids is 1. The molecule has 0 fully saturated rings. The van der Waals surface area contributed by atoms with Crippen LogP contribution in [-0.2, 0) is 6.61 Å². The summed E-state index contributed by atoms with van der Waals surface area (Å²) in [4.78, 5) is 21.1. The number of carbonyl (C=O) groups is 1. The first kappa shape index (κ1) is 14.1. The van der Waals surface area contributed by atoms with E-state index in [0.717, 1.165) is 0 Å². The van der Waals surface area contributed by atoms with Gasteiger partial charge in [-0.05, 0) is 28.1 Å². The molecule has 0 aliphatic carbocycles. The molecule has 2 aromatic rings. The van der Waals surface area contributed by atoms with Gasteiger partial charge >= 0.3 is 5.97 Å². The summed E-state index contributed by atoms with van der Waals surface area (Å²) >= 11 is 3.08. The monoisotopic (exact) mass is 341 g/mol. The van der Waals surface area contributed by atoms with Gasteiger partial charge in [0.05, 0.1) is 11.2 Å². The molecule has 0 aliphatic heterocycles. The number of carboxylic acid groups (broad SMARTS) is 1. The summed E-state index contributed by atoms with van der Waals surface area (Å²) in [6.45, 7) is -0.144. The van der Waals surface area contributed by atoms with Gasteiger partial charge in [-0.15, -0.1) is 0 Å². The summed E-state index contributed by atoms with van der Waals surface area (Å²) in [5, 5.41) is 19.7. The number of hydrogen-bond acceptors (Lipinski definition) is 5. The van der Waals surface area contributed by atoms with Gasteiger partial charge in [0.15, 0.2) is 5.76 Å². The molecular weight excluding hydrogens is 334 g/mol. The molecule has 8 heteroatoms. The zero-order valence-electron chi connectivity index (χ0n) is 9.91. The average molecular weight is 342 g/mol. The second-order valence-corrected chi connectivity index (χ2v) is 4.49. The second kappa shape index (κ2) is 5.74. The molecule has 0 saturated heterocycles. The van der Waals surface area contributed by atoms with Crippen molar-refractivity contribution in [1.29, 1.82) is 0 Å². The van der Waals surface area contributed by atoms with Crippen molar-refractivity contribution in [3.63, 3.8) is 0 Å². The fourth-order valence-corrected chi connectivity index (χ4v) is 2.06. The second-order valence-electron chi connectivity index (χ2n) is 3.70. The van der Waals surface area contributed by atoms with E-state index in [4.69, 9.17) is 14.3 Å². The number of furan rings is 1. The van der Waals surface area contributed by atoms with E-state index in [-0.39, 0.29) is 33.8 Å². The third-order valence-corrected chi connectivity index (χ3v) is 3.27. The van der Waals surface area contributed by atoms with Crippen LogP contribution in [0.4, 0.5) is 5.69 Å². The van der Waals surface area contributed by atoms with Gasteiger partial charge in [0.25, 0.3) is 5.69 Å². The van der Waals surface area contributed by atoms with Crippen LogP contribution in [0.5, 0.6) is 5.75 Å². The van der Waals surface area contributed by atoms with E-state index in [9.17, 15) is 14.9 Å². The van der Waals surface area contributed by atoms with Crippen LogP contribution in [0, 0.1) is 10.1 Å². The van der Waals surface area contributed by atoms with E-state index < -0.39 is 10.9 Å². The molecule has 0 unspecified atom stereocenters. The van der Waals surface area contributed by atoms with Crippen molar-refractivity contribution in [2.45, 2.75) is 6.61 Å². The number of halogens is 1. The van der Waals surface area contributed by atoms with Crippen LogP contribution in [0.25, 0.3) is 0 Å². The molecule has 7 nitrogen and oxygen atoms in total. The van der Waals surface area contributed by atoms with Crippen molar-refractivity contribution in [3.05, 3.63) is 56.4 Å². The number of nitro groups is 1. The van der Waals surface area contributed by atoms with Crippen molar-refractivity contribution in [2.24, 2.45) is 0 Å².